The molecular weight excluding hydrogens is 384 g/mol. The molecule has 0 bridgehead atoms. The fourth-order valence-corrected chi connectivity index (χ4v) is 2.92. The van der Waals surface area contributed by atoms with Crippen molar-refractivity contribution in [2.75, 3.05) is 6.54 Å². The van der Waals surface area contributed by atoms with Crippen LogP contribution in [0.2, 0.25) is 0 Å². The number of hydrazone groups is 1. The fraction of sp³-hybridized carbons (Fsp3) is 0.273. The number of ether oxygens (including phenoxy) is 1. The SMILES string of the molecule is CC1(C)NC(=O)N(CCC(=O)N/N=C\c2ccccc2OCc2ccccc2)C1=O. The van der Waals surface area contributed by atoms with Crippen LogP contribution in [-0.2, 0) is 16.2 Å². The van der Waals surface area contributed by atoms with Gasteiger partial charge in [-0.15, -0.1) is 0 Å². The Kier molecular flexibility index (Phi) is 6.46. The highest BCUT2D eigenvalue weighted by Crippen LogP contribution is 2.18. The minimum absolute atomic E-state index is 0.00771. The van der Waals surface area contributed by atoms with Gasteiger partial charge < -0.3 is 10.1 Å². The summed E-state index contributed by atoms with van der Waals surface area (Å²) >= 11 is 0. The molecule has 0 radical (unpaired) electrons. The number of urea groups is 1. The molecule has 1 fully saturated rings. The molecule has 0 atom stereocenters. The van der Waals surface area contributed by atoms with Crippen LogP contribution < -0.4 is 15.5 Å². The van der Waals surface area contributed by atoms with Gasteiger partial charge in [0, 0.05) is 18.5 Å². The maximum atomic E-state index is 12.1. The van der Waals surface area contributed by atoms with Crippen LogP contribution in [0.3, 0.4) is 0 Å². The Morgan fingerprint density at radius 3 is 2.53 bits per heavy atom. The molecule has 8 heteroatoms. The Hall–Kier alpha value is -3.68. The minimum Gasteiger partial charge on any atom is -0.488 e. The third kappa shape index (κ3) is 5.22. The number of benzene rings is 2. The van der Waals surface area contributed by atoms with Crippen molar-refractivity contribution in [3.63, 3.8) is 0 Å². The van der Waals surface area contributed by atoms with Gasteiger partial charge in [0.05, 0.1) is 6.21 Å². The molecule has 1 aliphatic heterocycles. The normalized spacial score (nSPS) is 15.3. The van der Waals surface area contributed by atoms with Crippen molar-refractivity contribution in [1.82, 2.24) is 15.6 Å². The van der Waals surface area contributed by atoms with Crippen molar-refractivity contribution in [3.8, 4) is 5.75 Å². The highest BCUT2D eigenvalue weighted by atomic mass is 16.5. The second-order valence-corrected chi connectivity index (χ2v) is 7.37. The van der Waals surface area contributed by atoms with Crippen LogP contribution in [0.25, 0.3) is 0 Å². The van der Waals surface area contributed by atoms with E-state index in [9.17, 15) is 14.4 Å². The Labute approximate surface area is 174 Å². The number of hydrogen-bond acceptors (Lipinski definition) is 5. The molecule has 2 aromatic carbocycles. The standard InChI is InChI=1S/C22H24N4O4/c1-22(2)20(28)26(21(29)24-22)13-12-19(27)25-23-14-17-10-6-7-11-18(17)30-15-16-8-4-3-5-9-16/h3-11,14H,12-13,15H2,1-2H3,(H,24,29)(H,25,27)/b23-14-. The molecule has 0 unspecified atom stereocenters. The summed E-state index contributed by atoms with van der Waals surface area (Å²) in [6.07, 6.45) is 1.45. The molecule has 30 heavy (non-hydrogen) atoms. The summed E-state index contributed by atoms with van der Waals surface area (Å²) in [4.78, 5) is 37.0. The van der Waals surface area contributed by atoms with Crippen molar-refractivity contribution in [2.24, 2.45) is 5.10 Å². The lowest BCUT2D eigenvalue weighted by molar-refractivity contribution is -0.130. The van der Waals surface area contributed by atoms with Crippen LogP contribution >= 0.6 is 0 Å². The van der Waals surface area contributed by atoms with Gasteiger partial charge >= 0.3 is 6.03 Å². The van der Waals surface area contributed by atoms with E-state index < -0.39 is 17.5 Å². The lowest BCUT2D eigenvalue weighted by Crippen LogP contribution is -2.40. The van der Waals surface area contributed by atoms with Gasteiger partial charge in [0.1, 0.15) is 17.9 Å². The Morgan fingerprint density at radius 2 is 1.83 bits per heavy atom. The molecule has 0 aromatic heterocycles. The second-order valence-electron chi connectivity index (χ2n) is 7.37. The van der Waals surface area contributed by atoms with Crippen LogP contribution in [-0.4, -0.2) is 41.0 Å². The van der Waals surface area contributed by atoms with E-state index in [-0.39, 0.29) is 18.9 Å². The molecule has 156 valence electrons. The second kappa shape index (κ2) is 9.21. The summed E-state index contributed by atoms with van der Waals surface area (Å²) in [5, 5.41) is 6.53. The number of carbonyl (C=O) groups excluding carboxylic acids is 3. The molecule has 4 amide bonds. The molecule has 0 spiro atoms. The number of nitrogens with one attached hydrogen (secondary N) is 2. The van der Waals surface area contributed by atoms with E-state index in [1.54, 1.807) is 13.8 Å². The Bertz CT molecular complexity index is 957. The van der Waals surface area contributed by atoms with E-state index in [0.29, 0.717) is 17.9 Å². The van der Waals surface area contributed by atoms with Gasteiger partial charge in [-0.25, -0.2) is 10.2 Å². The summed E-state index contributed by atoms with van der Waals surface area (Å²) in [5.41, 5.74) is 3.22. The van der Waals surface area contributed by atoms with Crippen molar-refractivity contribution in [3.05, 3.63) is 65.7 Å². The predicted octanol–water partition coefficient (Wildman–Crippen LogP) is 2.44. The zero-order chi connectivity index (χ0) is 21.6. The lowest BCUT2D eigenvalue weighted by atomic mass is 10.1. The van der Waals surface area contributed by atoms with Crippen molar-refractivity contribution < 1.29 is 19.1 Å². The maximum absolute atomic E-state index is 12.1. The molecule has 1 saturated heterocycles. The zero-order valence-electron chi connectivity index (χ0n) is 16.9. The van der Waals surface area contributed by atoms with Crippen molar-refractivity contribution in [2.45, 2.75) is 32.4 Å². The molecule has 2 aromatic rings. The summed E-state index contributed by atoms with van der Waals surface area (Å²) < 4.78 is 5.85. The number of nitrogens with zero attached hydrogens (tertiary/aromatic N) is 2. The molecule has 8 nitrogen and oxygen atoms in total. The minimum atomic E-state index is -0.949. The van der Waals surface area contributed by atoms with E-state index in [4.69, 9.17) is 4.74 Å². The third-order valence-corrected chi connectivity index (χ3v) is 4.56. The molecular formula is C22H24N4O4. The number of imide groups is 1. The van der Waals surface area contributed by atoms with Crippen molar-refractivity contribution >= 4 is 24.1 Å². The Balaban J connectivity index is 1.51. The van der Waals surface area contributed by atoms with E-state index in [0.717, 1.165) is 10.5 Å². The number of para-hydroxylation sites is 1. The van der Waals surface area contributed by atoms with Gasteiger partial charge in [-0.05, 0) is 31.5 Å². The summed E-state index contributed by atoms with van der Waals surface area (Å²) in [6.45, 7) is 3.65. The summed E-state index contributed by atoms with van der Waals surface area (Å²) in [7, 11) is 0. The van der Waals surface area contributed by atoms with E-state index >= 15 is 0 Å². The van der Waals surface area contributed by atoms with Crippen LogP contribution in [0.4, 0.5) is 4.79 Å². The first-order chi connectivity index (χ1) is 14.4. The van der Waals surface area contributed by atoms with E-state index in [1.165, 1.54) is 6.21 Å². The topological polar surface area (TPSA) is 100 Å². The molecule has 3 rings (SSSR count). The molecule has 2 N–H and O–H groups in total. The largest absolute Gasteiger partial charge is 0.488 e. The van der Waals surface area contributed by atoms with Gasteiger partial charge in [0.2, 0.25) is 5.91 Å². The average Bonchev–Trinajstić information content (AvgIpc) is 2.93. The lowest BCUT2D eigenvalue weighted by Gasteiger charge is -2.15. The maximum Gasteiger partial charge on any atom is 0.325 e. The molecule has 1 heterocycles. The number of carbonyl (C=O) groups is 3. The highest BCUT2D eigenvalue weighted by molar-refractivity contribution is 6.06. The van der Waals surface area contributed by atoms with Crippen LogP contribution in [0, 0.1) is 0 Å². The number of amides is 4. The van der Waals surface area contributed by atoms with Gasteiger partial charge in [-0.2, -0.15) is 5.10 Å². The number of hydrogen-bond donors (Lipinski definition) is 2. The van der Waals surface area contributed by atoms with Crippen LogP contribution in [0.5, 0.6) is 5.75 Å². The first-order valence-corrected chi connectivity index (χ1v) is 9.58. The fourth-order valence-electron chi connectivity index (χ4n) is 2.92. The monoisotopic (exact) mass is 408 g/mol. The molecule has 0 aliphatic carbocycles. The quantitative estimate of drug-likeness (QED) is 0.398. The summed E-state index contributed by atoms with van der Waals surface area (Å²) in [6, 6.07) is 16.6. The summed E-state index contributed by atoms with van der Waals surface area (Å²) in [5.74, 6) is -0.117. The van der Waals surface area contributed by atoms with Gasteiger partial charge in [0.15, 0.2) is 0 Å². The highest BCUT2D eigenvalue weighted by Gasteiger charge is 2.43. The van der Waals surface area contributed by atoms with Gasteiger partial charge in [0.25, 0.3) is 5.91 Å². The average molecular weight is 408 g/mol. The van der Waals surface area contributed by atoms with E-state index in [2.05, 4.69) is 15.8 Å². The smallest absolute Gasteiger partial charge is 0.325 e. The molecule has 0 saturated carbocycles. The van der Waals surface area contributed by atoms with Crippen LogP contribution in [0.15, 0.2) is 59.7 Å². The first kappa shape index (κ1) is 21.0. The third-order valence-electron chi connectivity index (χ3n) is 4.56. The Morgan fingerprint density at radius 1 is 1.13 bits per heavy atom. The van der Waals surface area contributed by atoms with Crippen LogP contribution in [0.1, 0.15) is 31.4 Å². The van der Waals surface area contributed by atoms with Gasteiger partial charge in [-0.1, -0.05) is 42.5 Å². The van der Waals surface area contributed by atoms with E-state index in [1.807, 2.05) is 54.6 Å². The molecule has 1 aliphatic rings. The van der Waals surface area contributed by atoms with Crippen molar-refractivity contribution in [1.29, 1.82) is 0 Å². The van der Waals surface area contributed by atoms with Gasteiger partial charge in [-0.3, -0.25) is 14.5 Å². The first-order valence-electron chi connectivity index (χ1n) is 9.58. The predicted molar refractivity (Wildman–Crippen MR) is 112 cm³/mol. The number of rotatable bonds is 8. The zero-order valence-corrected chi connectivity index (χ0v) is 16.9.